The van der Waals surface area contributed by atoms with E-state index in [1.165, 1.54) is 6.07 Å². The van der Waals surface area contributed by atoms with E-state index < -0.39 is 11.9 Å². The van der Waals surface area contributed by atoms with Crippen LogP contribution in [-0.4, -0.2) is 24.3 Å². The molecule has 0 bridgehead atoms. The molecule has 1 saturated heterocycles. The van der Waals surface area contributed by atoms with Crippen molar-refractivity contribution in [2.45, 2.75) is 12.3 Å². The molecule has 0 N–H and O–H groups in total. The number of para-hydroxylation sites is 1. The molecule has 0 unspecified atom stereocenters. The van der Waals surface area contributed by atoms with Gasteiger partial charge in [-0.1, -0.05) is 18.2 Å². The Morgan fingerprint density at radius 3 is 2.71 bits per heavy atom. The van der Waals surface area contributed by atoms with Gasteiger partial charge in [-0.05, 0) is 23.8 Å². The molecule has 2 aromatic rings. The van der Waals surface area contributed by atoms with E-state index in [1.54, 1.807) is 24.3 Å². The summed E-state index contributed by atoms with van der Waals surface area (Å²) in [6.45, 7) is 1.06. The maximum Gasteiger partial charge on any atom is 0.433 e. The zero-order valence-electron chi connectivity index (χ0n) is 10.9. The number of halogens is 3. The Bertz CT molecular complexity index is 639. The van der Waals surface area contributed by atoms with Gasteiger partial charge in [0.25, 0.3) is 0 Å². The molecule has 1 fully saturated rings. The van der Waals surface area contributed by atoms with Gasteiger partial charge in [0.1, 0.15) is 24.2 Å². The summed E-state index contributed by atoms with van der Waals surface area (Å²) in [5.74, 6) is 0.535. The SMILES string of the molecule is FC(F)(F)c1cc(-c2ccccc2OC[C@@H]2CO2)ccn1. The molecule has 1 aliphatic heterocycles. The summed E-state index contributed by atoms with van der Waals surface area (Å²) in [5, 5.41) is 0. The fraction of sp³-hybridized carbons (Fsp3) is 0.267. The van der Waals surface area contributed by atoms with Crippen LogP contribution in [0.25, 0.3) is 11.1 Å². The first-order chi connectivity index (χ1) is 10.0. The van der Waals surface area contributed by atoms with Crippen LogP contribution in [0, 0.1) is 0 Å². The molecule has 1 aliphatic rings. The maximum absolute atomic E-state index is 12.7. The van der Waals surface area contributed by atoms with Crippen LogP contribution in [0.4, 0.5) is 13.2 Å². The number of epoxide rings is 1. The first-order valence-corrected chi connectivity index (χ1v) is 6.41. The van der Waals surface area contributed by atoms with Gasteiger partial charge in [0, 0.05) is 11.8 Å². The van der Waals surface area contributed by atoms with Crippen LogP contribution < -0.4 is 4.74 Å². The molecule has 21 heavy (non-hydrogen) atoms. The number of nitrogens with zero attached hydrogens (tertiary/aromatic N) is 1. The molecule has 110 valence electrons. The molecule has 0 saturated carbocycles. The van der Waals surface area contributed by atoms with Crippen molar-refractivity contribution in [1.82, 2.24) is 4.98 Å². The van der Waals surface area contributed by atoms with E-state index >= 15 is 0 Å². The molecule has 0 amide bonds. The zero-order valence-corrected chi connectivity index (χ0v) is 10.9. The van der Waals surface area contributed by atoms with Crippen LogP contribution >= 0.6 is 0 Å². The minimum absolute atomic E-state index is 0.0845. The van der Waals surface area contributed by atoms with E-state index in [-0.39, 0.29) is 6.10 Å². The van der Waals surface area contributed by atoms with Crippen molar-refractivity contribution in [2.24, 2.45) is 0 Å². The molecular weight excluding hydrogens is 283 g/mol. The van der Waals surface area contributed by atoms with Crippen molar-refractivity contribution in [3.8, 4) is 16.9 Å². The highest BCUT2D eigenvalue weighted by molar-refractivity contribution is 5.70. The molecular formula is C15H12F3NO2. The van der Waals surface area contributed by atoms with Crippen molar-refractivity contribution in [2.75, 3.05) is 13.2 Å². The third-order valence-electron chi connectivity index (χ3n) is 3.08. The van der Waals surface area contributed by atoms with E-state index in [9.17, 15) is 13.2 Å². The molecule has 0 aliphatic carbocycles. The monoisotopic (exact) mass is 295 g/mol. The number of alkyl halides is 3. The third kappa shape index (κ3) is 3.33. The molecule has 3 nitrogen and oxygen atoms in total. The number of hydrogen-bond acceptors (Lipinski definition) is 3. The highest BCUT2D eigenvalue weighted by Crippen LogP contribution is 2.34. The molecule has 1 atom stereocenters. The Morgan fingerprint density at radius 2 is 2.00 bits per heavy atom. The largest absolute Gasteiger partial charge is 0.490 e. The van der Waals surface area contributed by atoms with Crippen LogP contribution in [0.15, 0.2) is 42.6 Å². The first kappa shape index (κ1) is 13.9. The van der Waals surface area contributed by atoms with Gasteiger partial charge in [0.15, 0.2) is 0 Å². The van der Waals surface area contributed by atoms with E-state index in [2.05, 4.69) is 4.98 Å². The summed E-state index contributed by atoms with van der Waals surface area (Å²) < 4.78 is 48.9. The summed E-state index contributed by atoms with van der Waals surface area (Å²) in [6.07, 6.45) is -3.23. The second-order valence-electron chi connectivity index (χ2n) is 4.69. The van der Waals surface area contributed by atoms with Gasteiger partial charge in [0.2, 0.25) is 0 Å². The Labute approximate surface area is 119 Å². The van der Waals surface area contributed by atoms with E-state index in [0.29, 0.717) is 30.1 Å². The standard InChI is InChI=1S/C15H12F3NO2/c16-15(17,18)14-7-10(5-6-19-14)12-3-1-2-4-13(12)21-9-11-8-20-11/h1-7,11H,8-9H2/t11-/m0/s1. The molecule has 0 radical (unpaired) electrons. The predicted octanol–water partition coefficient (Wildman–Crippen LogP) is 3.55. The van der Waals surface area contributed by atoms with Crippen LogP contribution in [-0.2, 0) is 10.9 Å². The van der Waals surface area contributed by atoms with Crippen LogP contribution in [0.3, 0.4) is 0 Å². The quantitative estimate of drug-likeness (QED) is 0.809. The average molecular weight is 295 g/mol. The van der Waals surface area contributed by atoms with Crippen LogP contribution in [0.2, 0.25) is 0 Å². The van der Waals surface area contributed by atoms with Gasteiger partial charge in [-0.3, -0.25) is 4.98 Å². The Morgan fingerprint density at radius 1 is 1.24 bits per heavy atom. The number of hydrogen-bond donors (Lipinski definition) is 0. The van der Waals surface area contributed by atoms with E-state index in [0.717, 1.165) is 12.3 Å². The van der Waals surface area contributed by atoms with Gasteiger partial charge in [-0.15, -0.1) is 0 Å². The fourth-order valence-electron chi connectivity index (χ4n) is 1.93. The molecule has 2 heterocycles. The van der Waals surface area contributed by atoms with Crippen molar-refractivity contribution >= 4 is 0 Å². The van der Waals surface area contributed by atoms with Gasteiger partial charge in [0.05, 0.1) is 6.61 Å². The maximum atomic E-state index is 12.7. The van der Waals surface area contributed by atoms with Crippen molar-refractivity contribution < 1.29 is 22.6 Å². The minimum atomic E-state index is -4.46. The second-order valence-corrected chi connectivity index (χ2v) is 4.69. The molecule has 6 heteroatoms. The Hall–Kier alpha value is -2.08. The van der Waals surface area contributed by atoms with Crippen molar-refractivity contribution in [3.63, 3.8) is 0 Å². The highest BCUT2D eigenvalue weighted by Gasteiger charge is 2.32. The Balaban J connectivity index is 1.92. The fourth-order valence-corrected chi connectivity index (χ4v) is 1.93. The summed E-state index contributed by atoms with van der Waals surface area (Å²) in [5.41, 5.74) is 0.107. The lowest BCUT2D eigenvalue weighted by molar-refractivity contribution is -0.141. The molecule has 3 rings (SSSR count). The number of aromatic nitrogens is 1. The van der Waals surface area contributed by atoms with Gasteiger partial charge >= 0.3 is 6.18 Å². The second kappa shape index (κ2) is 5.37. The van der Waals surface area contributed by atoms with Gasteiger partial charge in [-0.2, -0.15) is 13.2 Å². The highest BCUT2D eigenvalue weighted by atomic mass is 19.4. The summed E-state index contributed by atoms with van der Waals surface area (Å²) in [4.78, 5) is 3.36. The van der Waals surface area contributed by atoms with E-state index in [4.69, 9.17) is 9.47 Å². The normalized spacial score (nSPS) is 17.6. The van der Waals surface area contributed by atoms with Crippen LogP contribution in [0.1, 0.15) is 5.69 Å². The lowest BCUT2D eigenvalue weighted by Crippen LogP contribution is -2.08. The predicted molar refractivity (Wildman–Crippen MR) is 69.9 cm³/mol. The lowest BCUT2D eigenvalue weighted by Gasteiger charge is -2.12. The van der Waals surface area contributed by atoms with Crippen molar-refractivity contribution in [3.05, 3.63) is 48.3 Å². The summed E-state index contributed by atoms with van der Waals surface area (Å²) in [6, 6.07) is 9.53. The lowest BCUT2D eigenvalue weighted by atomic mass is 10.0. The topological polar surface area (TPSA) is 34.6 Å². The molecule has 1 aromatic heterocycles. The number of pyridine rings is 1. The van der Waals surface area contributed by atoms with Crippen molar-refractivity contribution in [1.29, 1.82) is 0 Å². The zero-order chi connectivity index (χ0) is 14.9. The summed E-state index contributed by atoms with van der Waals surface area (Å²) >= 11 is 0. The van der Waals surface area contributed by atoms with E-state index in [1.807, 2.05) is 0 Å². The third-order valence-corrected chi connectivity index (χ3v) is 3.08. The molecule has 0 spiro atoms. The summed E-state index contributed by atoms with van der Waals surface area (Å²) in [7, 11) is 0. The minimum Gasteiger partial charge on any atom is -0.490 e. The first-order valence-electron chi connectivity index (χ1n) is 6.41. The van der Waals surface area contributed by atoms with Gasteiger partial charge < -0.3 is 9.47 Å². The number of ether oxygens (including phenoxy) is 2. The smallest absolute Gasteiger partial charge is 0.433 e. The number of benzene rings is 1. The average Bonchev–Trinajstić information content (AvgIpc) is 3.29. The molecule has 1 aromatic carbocycles. The number of rotatable bonds is 4. The van der Waals surface area contributed by atoms with Crippen LogP contribution in [0.5, 0.6) is 5.75 Å². The van der Waals surface area contributed by atoms with Gasteiger partial charge in [-0.25, -0.2) is 0 Å². The Kier molecular flexibility index (Phi) is 3.55.